The van der Waals surface area contributed by atoms with Gasteiger partial charge in [-0.3, -0.25) is 4.79 Å². The summed E-state index contributed by atoms with van der Waals surface area (Å²) in [6.45, 7) is 2.01. The van der Waals surface area contributed by atoms with Gasteiger partial charge in [-0.2, -0.15) is 5.10 Å². The van der Waals surface area contributed by atoms with E-state index in [1.54, 1.807) is 36.4 Å². The zero-order chi connectivity index (χ0) is 16.7. The number of benzene rings is 2. The van der Waals surface area contributed by atoms with Gasteiger partial charge < -0.3 is 10.4 Å². The Labute approximate surface area is 140 Å². The van der Waals surface area contributed by atoms with E-state index in [0.717, 1.165) is 11.3 Å². The summed E-state index contributed by atoms with van der Waals surface area (Å²) in [5, 5.41) is 17.0. The Morgan fingerprint density at radius 3 is 2.52 bits per heavy atom. The minimum absolute atomic E-state index is 0.0693. The van der Waals surface area contributed by atoms with Crippen molar-refractivity contribution in [2.45, 2.75) is 13.3 Å². The van der Waals surface area contributed by atoms with Crippen molar-refractivity contribution >= 4 is 28.9 Å². The number of nitrogens with zero attached hydrogens (tertiary/aromatic N) is 1. The van der Waals surface area contributed by atoms with E-state index in [1.807, 2.05) is 19.1 Å². The van der Waals surface area contributed by atoms with E-state index in [9.17, 15) is 9.90 Å². The molecule has 0 aliphatic carbocycles. The normalized spacial score (nSPS) is 11.1. The van der Waals surface area contributed by atoms with E-state index >= 15 is 0 Å². The molecule has 2 aromatic rings. The summed E-state index contributed by atoms with van der Waals surface area (Å²) < 4.78 is 0. The number of rotatable bonds is 6. The van der Waals surface area contributed by atoms with Gasteiger partial charge >= 0.3 is 0 Å². The summed E-state index contributed by atoms with van der Waals surface area (Å²) in [5.41, 5.74) is 4.80. The Kier molecular flexibility index (Phi) is 6.00. The summed E-state index contributed by atoms with van der Waals surface area (Å²) in [7, 11) is 0. The number of nitrogens with one attached hydrogen (secondary N) is 2. The molecule has 0 fully saturated rings. The van der Waals surface area contributed by atoms with Crippen LogP contribution in [0.1, 0.15) is 18.9 Å². The van der Waals surface area contributed by atoms with Crippen LogP contribution in [-0.2, 0) is 4.79 Å². The first-order valence-electron chi connectivity index (χ1n) is 7.23. The third-order valence-corrected chi connectivity index (χ3v) is 3.49. The fourth-order valence-electron chi connectivity index (χ4n) is 1.95. The van der Waals surface area contributed by atoms with Crippen LogP contribution in [0.25, 0.3) is 0 Å². The Hall–Kier alpha value is -2.53. The van der Waals surface area contributed by atoms with E-state index in [1.165, 1.54) is 0 Å². The highest BCUT2D eigenvalue weighted by atomic mass is 35.5. The van der Waals surface area contributed by atoms with Gasteiger partial charge in [0.15, 0.2) is 0 Å². The maximum absolute atomic E-state index is 11.9. The first-order chi connectivity index (χ1) is 11.1. The lowest BCUT2D eigenvalue weighted by molar-refractivity contribution is -0.119. The predicted octanol–water partition coefficient (Wildman–Crippen LogP) is 3.39. The molecule has 120 valence electrons. The van der Waals surface area contributed by atoms with Gasteiger partial charge in [-0.25, -0.2) is 5.43 Å². The van der Waals surface area contributed by atoms with E-state index in [0.29, 0.717) is 17.1 Å². The SMILES string of the molecule is CC/C(=N\NC(=O)CNc1ccccc1Cl)c1ccc(O)cc1. The van der Waals surface area contributed by atoms with Crippen molar-refractivity contribution in [3.8, 4) is 5.75 Å². The fourth-order valence-corrected chi connectivity index (χ4v) is 2.15. The molecule has 0 unspecified atom stereocenters. The lowest BCUT2D eigenvalue weighted by Gasteiger charge is -2.08. The average molecular weight is 332 g/mol. The summed E-state index contributed by atoms with van der Waals surface area (Å²) >= 11 is 6.01. The second-order valence-corrected chi connectivity index (χ2v) is 5.23. The van der Waals surface area contributed by atoms with Crippen molar-refractivity contribution in [2.75, 3.05) is 11.9 Å². The molecule has 6 heteroatoms. The molecule has 0 spiro atoms. The Morgan fingerprint density at radius 2 is 1.87 bits per heavy atom. The quantitative estimate of drug-likeness (QED) is 0.561. The summed E-state index contributed by atoms with van der Waals surface area (Å²) in [5.74, 6) is -0.0770. The lowest BCUT2D eigenvalue weighted by Crippen LogP contribution is -2.27. The smallest absolute Gasteiger partial charge is 0.259 e. The molecule has 0 heterocycles. The summed E-state index contributed by atoms with van der Waals surface area (Å²) in [6, 6.07) is 13.9. The van der Waals surface area contributed by atoms with E-state index in [-0.39, 0.29) is 18.2 Å². The van der Waals surface area contributed by atoms with Crippen LogP contribution in [0.3, 0.4) is 0 Å². The van der Waals surface area contributed by atoms with Gasteiger partial charge in [-0.1, -0.05) is 30.7 Å². The molecule has 2 aromatic carbocycles. The second-order valence-electron chi connectivity index (χ2n) is 4.83. The monoisotopic (exact) mass is 331 g/mol. The molecule has 0 bridgehead atoms. The van der Waals surface area contributed by atoms with Gasteiger partial charge in [0.25, 0.3) is 5.91 Å². The van der Waals surface area contributed by atoms with Crippen molar-refractivity contribution in [3.05, 3.63) is 59.1 Å². The zero-order valence-electron chi connectivity index (χ0n) is 12.7. The van der Waals surface area contributed by atoms with Crippen LogP contribution < -0.4 is 10.7 Å². The van der Waals surface area contributed by atoms with Crippen LogP contribution in [0, 0.1) is 0 Å². The number of phenolic OH excluding ortho intramolecular Hbond substituents is 1. The minimum Gasteiger partial charge on any atom is -0.508 e. The molecule has 0 radical (unpaired) electrons. The molecular formula is C17H18ClN3O2. The van der Waals surface area contributed by atoms with Crippen molar-refractivity contribution in [3.63, 3.8) is 0 Å². The first kappa shape index (κ1) is 16.8. The fraction of sp³-hybridized carbons (Fsp3) is 0.176. The molecule has 0 atom stereocenters. The van der Waals surface area contributed by atoms with Crippen LogP contribution in [0.4, 0.5) is 5.69 Å². The van der Waals surface area contributed by atoms with Crippen LogP contribution in [0.5, 0.6) is 5.75 Å². The second kappa shape index (κ2) is 8.19. The van der Waals surface area contributed by atoms with Crippen molar-refractivity contribution in [1.29, 1.82) is 0 Å². The standard InChI is InChI=1S/C17H18ClN3O2/c1-2-15(12-7-9-13(22)10-8-12)20-21-17(23)11-19-16-6-4-3-5-14(16)18/h3-10,19,22H,2,11H2,1H3,(H,21,23)/b20-15+. The van der Waals surface area contributed by atoms with Crippen LogP contribution in [-0.4, -0.2) is 23.3 Å². The van der Waals surface area contributed by atoms with E-state index in [4.69, 9.17) is 11.6 Å². The first-order valence-corrected chi connectivity index (χ1v) is 7.61. The Bertz CT molecular complexity index is 699. The predicted molar refractivity (Wildman–Crippen MR) is 93.0 cm³/mol. The van der Waals surface area contributed by atoms with Gasteiger partial charge in [0.1, 0.15) is 5.75 Å². The number of halogens is 1. The highest BCUT2D eigenvalue weighted by Crippen LogP contribution is 2.19. The third-order valence-electron chi connectivity index (χ3n) is 3.16. The number of carbonyl (C=O) groups excluding carboxylic acids is 1. The summed E-state index contributed by atoms with van der Waals surface area (Å²) in [4.78, 5) is 11.9. The topological polar surface area (TPSA) is 73.7 Å². The van der Waals surface area contributed by atoms with Gasteiger partial charge in [0.05, 0.1) is 23.0 Å². The minimum atomic E-state index is -0.269. The van der Waals surface area contributed by atoms with Crippen molar-refractivity contribution < 1.29 is 9.90 Å². The summed E-state index contributed by atoms with van der Waals surface area (Å²) in [6.07, 6.45) is 0.656. The number of hydrogen-bond acceptors (Lipinski definition) is 4. The molecule has 1 amide bonds. The highest BCUT2D eigenvalue weighted by Gasteiger charge is 2.05. The molecule has 0 saturated carbocycles. The van der Waals surface area contributed by atoms with Crippen LogP contribution >= 0.6 is 11.6 Å². The number of phenols is 1. The average Bonchev–Trinajstić information content (AvgIpc) is 2.56. The lowest BCUT2D eigenvalue weighted by atomic mass is 10.1. The number of hydrogen-bond donors (Lipinski definition) is 3. The molecule has 3 N–H and O–H groups in total. The maximum Gasteiger partial charge on any atom is 0.259 e. The molecule has 0 saturated heterocycles. The molecule has 23 heavy (non-hydrogen) atoms. The number of aromatic hydroxyl groups is 1. The van der Waals surface area contributed by atoms with Crippen LogP contribution in [0.2, 0.25) is 5.02 Å². The van der Waals surface area contributed by atoms with Crippen molar-refractivity contribution in [2.24, 2.45) is 5.10 Å². The number of hydrazone groups is 1. The third kappa shape index (κ3) is 5.00. The number of para-hydroxylation sites is 1. The van der Waals surface area contributed by atoms with E-state index in [2.05, 4.69) is 15.8 Å². The molecular weight excluding hydrogens is 314 g/mol. The molecule has 2 rings (SSSR count). The van der Waals surface area contributed by atoms with Gasteiger partial charge in [0.2, 0.25) is 0 Å². The molecule has 0 aliphatic heterocycles. The molecule has 0 aromatic heterocycles. The Morgan fingerprint density at radius 1 is 1.17 bits per heavy atom. The van der Waals surface area contributed by atoms with E-state index < -0.39 is 0 Å². The van der Waals surface area contributed by atoms with Crippen LogP contribution in [0.15, 0.2) is 53.6 Å². The van der Waals surface area contributed by atoms with Gasteiger partial charge in [0, 0.05) is 0 Å². The maximum atomic E-state index is 11.9. The number of amides is 1. The Balaban J connectivity index is 1.93. The van der Waals surface area contributed by atoms with Gasteiger partial charge in [-0.15, -0.1) is 0 Å². The largest absolute Gasteiger partial charge is 0.508 e. The van der Waals surface area contributed by atoms with Gasteiger partial charge in [-0.05, 0) is 48.4 Å². The zero-order valence-corrected chi connectivity index (χ0v) is 13.5. The highest BCUT2D eigenvalue weighted by molar-refractivity contribution is 6.33. The number of anilines is 1. The number of carbonyl (C=O) groups is 1. The molecule has 5 nitrogen and oxygen atoms in total. The molecule has 0 aliphatic rings. The van der Waals surface area contributed by atoms with Crippen molar-refractivity contribution in [1.82, 2.24) is 5.43 Å².